The maximum atomic E-state index is 12.6. The lowest BCUT2D eigenvalue weighted by Gasteiger charge is -2.18. The molecule has 6 nitrogen and oxygen atoms in total. The van der Waals surface area contributed by atoms with Crippen molar-refractivity contribution < 1.29 is 28.6 Å². The average molecular weight is 763 g/mol. The number of ether oxygens (including phenoxy) is 3. The molecule has 0 amide bonds. The van der Waals surface area contributed by atoms with E-state index in [-0.39, 0.29) is 31.6 Å². The van der Waals surface area contributed by atoms with E-state index in [0.717, 1.165) is 96.3 Å². The molecule has 0 aliphatic carbocycles. The van der Waals surface area contributed by atoms with Crippen LogP contribution in [0, 0.1) is 0 Å². The Morgan fingerprint density at radius 1 is 0.382 bits per heavy atom. The quantitative estimate of drug-likeness (QED) is 0.0271. The highest BCUT2D eigenvalue weighted by molar-refractivity contribution is 5.72. The van der Waals surface area contributed by atoms with E-state index in [1.807, 2.05) is 6.08 Å². The number of carbonyl (C=O) groups excluding carboxylic acids is 3. The summed E-state index contributed by atoms with van der Waals surface area (Å²) in [5, 5.41) is 0. The second-order valence-corrected chi connectivity index (χ2v) is 13.8. The van der Waals surface area contributed by atoms with Gasteiger partial charge in [-0.3, -0.25) is 14.4 Å². The van der Waals surface area contributed by atoms with Crippen LogP contribution in [-0.2, 0) is 28.6 Å². The maximum absolute atomic E-state index is 12.6. The van der Waals surface area contributed by atoms with Crippen LogP contribution < -0.4 is 0 Å². The molecule has 0 aliphatic rings. The fourth-order valence-electron chi connectivity index (χ4n) is 5.44. The molecule has 55 heavy (non-hydrogen) atoms. The van der Waals surface area contributed by atoms with Crippen LogP contribution in [0.2, 0.25) is 0 Å². The second-order valence-electron chi connectivity index (χ2n) is 13.8. The number of esters is 3. The van der Waals surface area contributed by atoms with Gasteiger partial charge in [0, 0.05) is 12.8 Å². The number of hydrogen-bond donors (Lipinski definition) is 0. The molecule has 0 spiro atoms. The van der Waals surface area contributed by atoms with E-state index in [1.165, 1.54) is 38.5 Å². The predicted molar refractivity (Wildman–Crippen MR) is 233 cm³/mol. The second kappa shape index (κ2) is 43.1. The monoisotopic (exact) mass is 763 g/mol. The minimum Gasteiger partial charge on any atom is -0.462 e. The summed E-state index contributed by atoms with van der Waals surface area (Å²) in [5.41, 5.74) is 0. The Bertz CT molecular complexity index is 1150. The number of unbranched alkanes of at least 4 members (excludes halogenated alkanes) is 11. The van der Waals surface area contributed by atoms with Crippen molar-refractivity contribution in [2.75, 3.05) is 13.2 Å². The molecule has 0 saturated carbocycles. The van der Waals surface area contributed by atoms with Crippen LogP contribution in [0.25, 0.3) is 0 Å². The van der Waals surface area contributed by atoms with Crippen molar-refractivity contribution in [2.45, 2.75) is 181 Å². The van der Waals surface area contributed by atoms with Crippen LogP contribution in [0.1, 0.15) is 175 Å². The van der Waals surface area contributed by atoms with Crippen molar-refractivity contribution in [3.63, 3.8) is 0 Å². The highest BCUT2D eigenvalue weighted by Crippen LogP contribution is 2.13. The highest BCUT2D eigenvalue weighted by atomic mass is 16.6. The molecule has 0 aromatic carbocycles. The molecule has 310 valence electrons. The molecule has 0 rings (SSSR count). The predicted octanol–water partition coefficient (Wildman–Crippen LogP) is 13.9. The Labute approximate surface area is 337 Å². The lowest BCUT2D eigenvalue weighted by molar-refractivity contribution is -0.166. The van der Waals surface area contributed by atoms with E-state index in [4.69, 9.17) is 14.2 Å². The van der Waals surface area contributed by atoms with E-state index in [0.29, 0.717) is 12.8 Å². The summed E-state index contributed by atoms with van der Waals surface area (Å²) in [6.07, 6.45) is 55.9. The summed E-state index contributed by atoms with van der Waals surface area (Å²) in [5.74, 6) is -1.11. The molecule has 0 saturated heterocycles. The Morgan fingerprint density at radius 2 is 0.709 bits per heavy atom. The summed E-state index contributed by atoms with van der Waals surface area (Å²) in [7, 11) is 0. The van der Waals surface area contributed by atoms with Crippen LogP contribution in [0.5, 0.6) is 0 Å². The zero-order valence-electron chi connectivity index (χ0n) is 35.1. The fourth-order valence-corrected chi connectivity index (χ4v) is 5.44. The first-order chi connectivity index (χ1) is 27.0. The molecule has 0 bridgehead atoms. The minimum absolute atomic E-state index is 0.0941. The van der Waals surface area contributed by atoms with Crippen LogP contribution in [0.4, 0.5) is 0 Å². The van der Waals surface area contributed by atoms with Crippen molar-refractivity contribution in [1.82, 2.24) is 0 Å². The van der Waals surface area contributed by atoms with Gasteiger partial charge in [0.15, 0.2) is 6.10 Å². The molecule has 0 aromatic rings. The Kier molecular flexibility index (Phi) is 40.2. The first-order valence-corrected chi connectivity index (χ1v) is 21.7. The molecule has 0 aliphatic heterocycles. The summed E-state index contributed by atoms with van der Waals surface area (Å²) in [6, 6.07) is 0. The topological polar surface area (TPSA) is 78.9 Å². The molecule has 0 heterocycles. The molecule has 0 radical (unpaired) electrons. The van der Waals surface area contributed by atoms with E-state index in [9.17, 15) is 14.4 Å². The Hall–Kier alpha value is -3.67. The zero-order valence-corrected chi connectivity index (χ0v) is 35.1. The van der Waals surface area contributed by atoms with Gasteiger partial charge in [-0.2, -0.15) is 0 Å². The lowest BCUT2D eigenvalue weighted by Crippen LogP contribution is -2.30. The highest BCUT2D eigenvalue weighted by Gasteiger charge is 2.19. The zero-order chi connectivity index (χ0) is 40.1. The minimum atomic E-state index is -0.839. The molecule has 0 N–H and O–H groups in total. The number of carbonyl (C=O) groups is 3. The smallest absolute Gasteiger partial charge is 0.310 e. The van der Waals surface area contributed by atoms with Gasteiger partial charge in [0.25, 0.3) is 0 Å². The molecule has 1 atom stereocenters. The van der Waals surface area contributed by atoms with Crippen LogP contribution in [0.15, 0.2) is 97.2 Å². The van der Waals surface area contributed by atoms with E-state index in [1.54, 1.807) is 6.08 Å². The molecular formula is C49H78O6. The summed E-state index contributed by atoms with van der Waals surface area (Å²) >= 11 is 0. The molecule has 1 unspecified atom stereocenters. The van der Waals surface area contributed by atoms with E-state index in [2.05, 4.69) is 106 Å². The molecular weight excluding hydrogens is 685 g/mol. The van der Waals surface area contributed by atoms with Gasteiger partial charge in [0.05, 0.1) is 6.42 Å². The van der Waals surface area contributed by atoms with Gasteiger partial charge in [-0.1, -0.05) is 163 Å². The fraction of sp³-hybridized carbons (Fsp3) is 0.612. The van der Waals surface area contributed by atoms with Gasteiger partial charge in [0.2, 0.25) is 0 Å². The van der Waals surface area contributed by atoms with Gasteiger partial charge in [0.1, 0.15) is 13.2 Å². The van der Waals surface area contributed by atoms with Crippen LogP contribution >= 0.6 is 0 Å². The van der Waals surface area contributed by atoms with Crippen molar-refractivity contribution in [2.24, 2.45) is 0 Å². The van der Waals surface area contributed by atoms with Crippen molar-refractivity contribution in [3.05, 3.63) is 97.2 Å². The van der Waals surface area contributed by atoms with E-state index >= 15 is 0 Å². The third kappa shape index (κ3) is 41.3. The average Bonchev–Trinajstić information content (AvgIpc) is 3.18. The van der Waals surface area contributed by atoms with E-state index < -0.39 is 12.1 Å². The van der Waals surface area contributed by atoms with Crippen LogP contribution in [-0.4, -0.2) is 37.2 Å². The number of hydrogen-bond acceptors (Lipinski definition) is 6. The van der Waals surface area contributed by atoms with Gasteiger partial charge in [-0.05, 0) is 89.9 Å². The van der Waals surface area contributed by atoms with Crippen LogP contribution in [0.3, 0.4) is 0 Å². The third-order valence-corrected chi connectivity index (χ3v) is 8.60. The van der Waals surface area contributed by atoms with Gasteiger partial charge < -0.3 is 14.2 Å². The first-order valence-electron chi connectivity index (χ1n) is 21.7. The summed E-state index contributed by atoms with van der Waals surface area (Å²) in [4.78, 5) is 37.5. The van der Waals surface area contributed by atoms with Crippen molar-refractivity contribution in [1.29, 1.82) is 0 Å². The summed E-state index contributed by atoms with van der Waals surface area (Å²) in [6.45, 7) is 6.12. The van der Waals surface area contributed by atoms with Gasteiger partial charge in [-0.25, -0.2) is 0 Å². The van der Waals surface area contributed by atoms with Gasteiger partial charge in [-0.15, -0.1) is 0 Å². The SMILES string of the molecule is CC/C=C\C/C=C\C/C=C\CCCCCCCCCCCC(=O)OCC(COC(=O)CCCC/C=C\C/C=C\CC)OC(=O)C/C=C\C/C=C\C/C=C\CC. The van der Waals surface area contributed by atoms with Crippen molar-refractivity contribution in [3.8, 4) is 0 Å². The maximum Gasteiger partial charge on any atom is 0.310 e. The Balaban J connectivity index is 4.36. The molecule has 0 fully saturated rings. The first kappa shape index (κ1) is 51.3. The van der Waals surface area contributed by atoms with Crippen molar-refractivity contribution >= 4 is 17.9 Å². The number of rotatable bonds is 37. The standard InChI is InChI=1S/C49H78O6/c1-4-7-10-13-16-19-20-21-22-23-24-25-26-27-28-31-33-36-39-42-48(51)54-45-46(55-49(52)43-40-37-34-30-18-15-12-9-6-3)44-53-47(50)41-38-35-32-29-17-14-11-8-5-2/h7-12,16-19,21-22,29-30,37,40,46H,4-6,13-15,20,23-28,31-36,38-39,41-45H2,1-3H3/b10-7-,11-8-,12-9-,19-16-,22-21-,29-17-,30-18-,40-37-. The molecule has 0 aromatic heterocycles. The lowest BCUT2D eigenvalue weighted by atomic mass is 10.1. The Morgan fingerprint density at radius 3 is 1.15 bits per heavy atom. The largest absolute Gasteiger partial charge is 0.462 e. The molecule has 6 heteroatoms. The van der Waals surface area contributed by atoms with Gasteiger partial charge >= 0.3 is 17.9 Å². The third-order valence-electron chi connectivity index (χ3n) is 8.60. The number of allylic oxidation sites excluding steroid dienone is 15. The summed E-state index contributed by atoms with van der Waals surface area (Å²) < 4.78 is 16.5. The normalized spacial score (nSPS) is 13.0.